The Bertz CT molecular complexity index is 328. The smallest absolute Gasteiger partial charge is 0.131 e. The van der Waals surface area contributed by atoms with Crippen LogP contribution in [0.3, 0.4) is 0 Å². The minimum absolute atomic E-state index is 0.00664. The quantitative estimate of drug-likeness (QED) is 0.747. The van der Waals surface area contributed by atoms with Crippen molar-refractivity contribution in [3.63, 3.8) is 0 Å². The predicted octanol–water partition coefficient (Wildman–Crippen LogP) is 4.11. The van der Waals surface area contributed by atoms with Crippen molar-refractivity contribution in [3.05, 3.63) is 27.2 Å². The molecule has 0 aliphatic rings. The Balaban J connectivity index is 3.35. The van der Waals surface area contributed by atoms with E-state index in [4.69, 9.17) is 11.6 Å². The summed E-state index contributed by atoms with van der Waals surface area (Å²) in [7, 11) is 0. The van der Waals surface area contributed by atoms with Crippen LogP contribution in [0.15, 0.2) is 16.6 Å². The molecule has 0 unspecified atom stereocenters. The molecule has 0 saturated heterocycles. The van der Waals surface area contributed by atoms with E-state index in [1.165, 1.54) is 0 Å². The lowest BCUT2D eigenvalue weighted by molar-refractivity contribution is 0.470. The summed E-state index contributed by atoms with van der Waals surface area (Å²) in [6.45, 7) is 6.24. The fourth-order valence-corrected chi connectivity index (χ4v) is 1.91. The summed E-state index contributed by atoms with van der Waals surface area (Å²) in [6.07, 6.45) is 0. The van der Waals surface area contributed by atoms with Crippen LogP contribution in [0.25, 0.3) is 0 Å². The van der Waals surface area contributed by atoms with Gasteiger partial charge in [-0.1, -0.05) is 38.4 Å². The molecular formula is C10H12BrClO. The summed E-state index contributed by atoms with van der Waals surface area (Å²) in [6, 6.07) is 3.50. The molecule has 0 amide bonds. The van der Waals surface area contributed by atoms with E-state index in [1.54, 1.807) is 6.07 Å². The summed E-state index contributed by atoms with van der Waals surface area (Å²) in [4.78, 5) is 0. The lowest BCUT2D eigenvalue weighted by Gasteiger charge is -2.21. The van der Waals surface area contributed by atoms with Gasteiger partial charge in [0.15, 0.2) is 0 Å². The third-order valence-corrected chi connectivity index (χ3v) is 3.29. The fourth-order valence-electron chi connectivity index (χ4n) is 1.12. The van der Waals surface area contributed by atoms with Crippen LogP contribution in [0.5, 0.6) is 5.75 Å². The SMILES string of the molecule is CC(C)(C)c1ccc(O)c(Br)c1Cl. The van der Waals surface area contributed by atoms with E-state index in [9.17, 15) is 5.11 Å². The monoisotopic (exact) mass is 262 g/mol. The van der Waals surface area contributed by atoms with Crippen molar-refractivity contribution in [3.8, 4) is 5.75 Å². The van der Waals surface area contributed by atoms with Crippen molar-refractivity contribution < 1.29 is 5.11 Å². The third-order valence-electron chi connectivity index (χ3n) is 1.87. The third kappa shape index (κ3) is 2.18. The Labute approximate surface area is 91.9 Å². The van der Waals surface area contributed by atoms with Crippen molar-refractivity contribution in [2.75, 3.05) is 0 Å². The number of benzene rings is 1. The Morgan fingerprint density at radius 3 is 2.31 bits per heavy atom. The van der Waals surface area contributed by atoms with Gasteiger partial charge in [-0.15, -0.1) is 0 Å². The molecule has 0 saturated carbocycles. The van der Waals surface area contributed by atoms with E-state index < -0.39 is 0 Å². The highest BCUT2D eigenvalue weighted by Gasteiger charge is 2.19. The molecule has 13 heavy (non-hydrogen) atoms. The number of phenols is 1. The Hall–Kier alpha value is -0.210. The summed E-state index contributed by atoms with van der Waals surface area (Å²) < 4.78 is 0.571. The highest BCUT2D eigenvalue weighted by atomic mass is 79.9. The second-order valence-corrected chi connectivity index (χ2v) is 5.18. The number of rotatable bonds is 0. The second-order valence-electron chi connectivity index (χ2n) is 4.01. The zero-order valence-corrected chi connectivity index (χ0v) is 10.2. The van der Waals surface area contributed by atoms with E-state index in [0.717, 1.165) is 5.56 Å². The average Bonchev–Trinajstić information content (AvgIpc) is 1.98. The number of halogens is 2. The van der Waals surface area contributed by atoms with Crippen LogP contribution in [-0.2, 0) is 5.41 Å². The van der Waals surface area contributed by atoms with E-state index in [2.05, 4.69) is 36.7 Å². The van der Waals surface area contributed by atoms with Gasteiger partial charge in [0.1, 0.15) is 5.75 Å². The predicted molar refractivity (Wildman–Crippen MR) is 59.5 cm³/mol. The molecule has 0 aromatic heterocycles. The standard InChI is InChI=1S/C10H12BrClO/c1-10(2,3)6-4-5-7(13)8(11)9(6)12/h4-5,13H,1-3H3. The van der Waals surface area contributed by atoms with Crippen molar-refractivity contribution in [2.45, 2.75) is 26.2 Å². The largest absolute Gasteiger partial charge is 0.507 e. The van der Waals surface area contributed by atoms with Crippen LogP contribution in [0, 0.1) is 0 Å². The molecule has 72 valence electrons. The van der Waals surface area contributed by atoms with Crippen LogP contribution in [0.1, 0.15) is 26.3 Å². The van der Waals surface area contributed by atoms with Gasteiger partial charge in [-0.05, 0) is 33.0 Å². The van der Waals surface area contributed by atoms with Gasteiger partial charge < -0.3 is 5.11 Å². The Morgan fingerprint density at radius 2 is 1.85 bits per heavy atom. The normalized spacial score (nSPS) is 11.8. The number of hydrogen-bond donors (Lipinski definition) is 1. The van der Waals surface area contributed by atoms with Crippen molar-refractivity contribution in [1.82, 2.24) is 0 Å². The molecular weight excluding hydrogens is 251 g/mol. The van der Waals surface area contributed by atoms with Crippen LogP contribution < -0.4 is 0 Å². The average molecular weight is 264 g/mol. The first-order chi connectivity index (χ1) is 5.84. The van der Waals surface area contributed by atoms with Crippen molar-refractivity contribution >= 4 is 27.5 Å². The number of phenolic OH excluding ortho intramolecular Hbond substituents is 1. The molecule has 0 spiro atoms. The van der Waals surface area contributed by atoms with Gasteiger partial charge in [0.2, 0.25) is 0 Å². The van der Waals surface area contributed by atoms with Crippen LogP contribution >= 0.6 is 27.5 Å². The molecule has 1 aromatic rings. The zero-order chi connectivity index (χ0) is 10.2. The minimum Gasteiger partial charge on any atom is -0.507 e. The molecule has 0 aliphatic heterocycles. The maximum absolute atomic E-state index is 9.36. The molecule has 1 N–H and O–H groups in total. The maximum atomic E-state index is 9.36. The minimum atomic E-state index is -0.00664. The Kier molecular flexibility index (Phi) is 2.93. The zero-order valence-electron chi connectivity index (χ0n) is 7.86. The molecule has 0 atom stereocenters. The van der Waals surface area contributed by atoms with Crippen LogP contribution in [0.4, 0.5) is 0 Å². The molecule has 0 bridgehead atoms. The van der Waals surface area contributed by atoms with Gasteiger partial charge >= 0.3 is 0 Å². The molecule has 3 heteroatoms. The van der Waals surface area contributed by atoms with Crippen LogP contribution in [-0.4, -0.2) is 5.11 Å². The molecule has 1 rings (SSSR count). The van der Waals surface area contributed by atoms with E-state index >= 15 is 0 Å². The lowest BCUT2D eigenvalue weighted by Crippen LogP contribution is -2.11. The fraction of sp³-hybridized carbons (Fsp3) is 0.400. The summed E-state index contributed by atoms with van der Waals surface area (Å²) >= 11 is 9.32. The lowest BCUT2D eigenvalue weighted by atomic mass is 9.87. The van der Waals surface area contributed by atoms with Gasteiger partial charge in [0, 0.05) is 0 Å². The molecule has 0 aliphatic carbocycles. The number of hydrogen-bond acceptors (Lipinski definition) is 1. The number of aromatic hydroxyl groups is 1. The van der Waals surface area contributed by atoms with Gasteiger partial charge in [-0.25, -0.2) is 0 Å². The van der Waals surface area contributed by atoms with E-state index in [0.29, 0.717) is 9.50 Å². The first-order valence-electron chi connectivity index (χ1n) is 4.01. The van der Waals surface area contributed by atoms with E-state index in [-0.39, 0.29) is 11.2 Å². The highest BCUT2D eigenvalue weighted by Crippen LogP contribution is 2.39. The van der Waals surface area contributed by atoms with Gasteiger partial charge in [0.25, 0.3) is 0 Å². The molecule has 1 aromatic carbocycles. The first-order valence-corrected chi connectivity index (χ1v) is 5.18. The van der Waals surface area contributed by atoms with Crippen LogP contribution in [0.2, 0.25) is 5.02 Å². The summed E-state index contributed by atoms with van der Waals surface area (Å²) in [5.74, 6) is 0.179. The molecule has 0 radical (unpaired) electrons. The highest BCUT2D eigenvalue weighted by molar-refractivity contribution is 9.10. The van der Waals surface area contributed by atoms with Gasteiger partial charge in [-0.3, -0.25) is 0 Å². The van der Waals surface area contributed by atoms with E-state index in [1.807, 2.05) is 6.07 Å². The first kappa shape index (κ1) is 10.9. The van der Waals surface area contributed by atoms with Crippen molar-refractivity contribution in [1.29, 1.82) is 0 Å². The second kappa shape index (κ2) is 3.50. The molecule has 1 nitrogen and oxygen atoms in total. The maximum Gasteiger partial charge on any atom is 0.131 e. The summed E-state index contributed by atoms with van der Waals surface area (Å²) in [5.41, 5.74) is 1.02. The summed E-state index contributed by atoms with van der Waals surface area (Å²) in [5, 5.41) is 9.95. The van der Waals surface area contributed by atoms with Gasteiger partial charge in [0.05, 0.1) is 9.50 Å². The Morgan fingerprint density at radius 1 is 1.31 bits per heavy atom. The molecule has 0 heterocycles. The van der Waals surface area contributed by atoms with Gasteiger partial charge in [-0.2, -0.15) is 0 Å². The molecule has 0 fully saturated rings. The van der Waals surface area contributed by atoms with Crippen molar-refractivity contribution in [2.24, 2.45) is 0 Å². The topological polar surface area (TPSA) is 20.2 Å².